The van der Waals surface area contributed by atoms with Gasteiger partial charge in [0.15, 0.2) is 0 Å². The lowest BCUT2D eigenvalue weighted by Crippen LogP contribution is -2.64. The number of aliphatic hydroxyl groups is 3. The summed E-state index contributed by atoms with van der Waals surface area (Å²) in [6.07, 6.45) is 5.87. The summed E-state index contributed by atoms with van der Waals surface area (Å²) in [5.74, 6) is 1.06. The number of carboxylic acids is 1. The molecule has 4 N–H and O–H groups in total. The molecule has 1 unspecified atom stereocenters. The van der Waals surface area contributed by atoms with Gasteiger partial charge in [-0.3, -0.25) is 4.79 Å². The molecule has 0 aliphatic heterocycles. The van der Waals surface area contributed by atoms with Gasteiger partial charge in [-0.2, -0.15) is 0 Å². The highest BCUT2D eigenvalue weighted by Gasteiger charge is 2.65. The van der Waals surface area contributed by atoms with E-state index >= 15 is 0 Å². The maximum Gasteiger partial charge on any atom is 0.303 e. The molecule has 0 amide bonds. The minimum Gasteiger partial charge on any atom is -0.481 e. The highest BCUT2D eigenvalue weighted by atomic mass is 16.4. The van der Waals surface area contributed by atoms with Gasteiger partial charge in [-0.25, -0.2) is 0 Å². The minimum absolute atomic E-state index is 0.00309. The molecule has 0 radical (unpaired) electrons. The van der Waals surface area contributed by atoms with Crippen LogP contribution in [0.15, 0.2) is 0 Å². The molecule has 11 atom stereocenters. The Morgan fingerprint density at radius 3 is 2.28 bits per heavy atom. The van der Waals surface area contributed by atoms with Crippen LogP contribution in [0.3, 0.4) is 0 Å². The van der Waals surface area contributed by atoms with E-state index in [1.807, 2.05) is 0 Å². The van der Waals surface area contributed by atoms with Crippen LogP contribution in [0.1, 0.15) is 78.6 Å². The van der Waals surface area contributed by atoms with E-state index < -0.39 is 18.2 Å². The largest absolute Gasteiger partial charge is 0.481 e. The van der Waals surface area contributed by atoms with Gasteiger partial charge in [-0.1, -0.05) is 20.8 Å². The molecular weight excluding hydrogens is 368 g/mol. The highest BCUT2D eigenvalue weighted by molar-refractivity contribution is 5.66. The molecule has 4 aliphatic rings. The molecule has 0 aromatic heterocycles. The van der Waals surface area contributed by atoms with Crippen molar-refractivity contribution in [2.75, 3.05) is 0 Å². The zero-order chi connectivity index (χ0) is 21.1. The quantitative estimate of drug-likeness (QED) is 0.571. The van der Waals surface area contributed by atoms with Gasteiger partial charge >= 0.3 is 5.97 Å². The Kier molecular flexibility index (Phi) is 5.57. The summed E-state index contributed by atoms with van der Waals surface area (Å²) in [5.41, 5.74) is 0.119. The molecule has 5 nitrogen and oxygen atoms in total. The Labute approximate surface area is 174 Å². The van der Waals surface area contributed by atoms with Gasteiger partial charge in [-0.05, 0) is 97.7 Å². The maximum atomic E-state index is 11.3. The lowest BCUT2D eigenvalue weighted by molar-refractivity contribution is -0.223. The van der Waals surface area contributed by atoms with Gasteiger partial charge in [-0.15, -0.1) is 0 Å². The summed E-state index contributed by atoms with van der Waals surface area (Å²) in [6.45, 7) is 6.89. The Balaban J connectivity index is 1.59. The zero-order valence-electron chi connectivity index (χ0n) is 18.3. The smallest absolute Gasteiger partial charge is 0.303 e. The van der Waals surface area contributed by atoms with Gasteiger partial charge in [0.25, 0.3) is 0 Å². The Hall–Kier alpha value is -0.650. The van der Waals surface area contributed by atoms with Crippen molar-refractivity contribution >= 4 is 5.97 Å². The number of carboxylic acid groups (broad SMARTS) is 1. The molecule has 4 rings (SSSR count). The molecule has 166 valence electrons. The van der Waals surface area contributed by atoms with E-state index in [2.05, 4.69) is 20.8 Å². The molecular formula is C24H40O5. The zero-order valence-corrected chi connectivity index (χ0v) is 18.3. The van der Waals surface area contributed by atoms with Gasteiger partial charge in [0.1, 0.15) is 0 Å². The van der Waals surface area contributed by atoms with Crippen LogP contribution in [-0.2, 0) is 4.79 Å². The van der Waals surface area contributed by atoms with Crippen LogP contribution in [0.25, 0.3) is 0 Å². The average Bonchev–Trinajstić information content (AvgIpc) is 3.02. The minimum atomic E-state index is -0.748. The monoisotopic (exact) mass is 408 g/mol. The molecule has 0 bridgehead atoms. The second kappa shape index (κ2) is 7.49. The fraction of sp³-hybridized carbons (Fsp3) is 0.958. The van der Waals surface area contributed by atoms with E-state index in [0.717, 1.165) is 44.9 Å². The second-order valence-electron chi connectivity index (χ2n) is 11.5. The molecule has 0 saturated heterocycles. The lowest BCUT2D eigenvalue weighted by atomic mass is 9.43. The fourth-order valence-electron chi connectivity index (χ4n) is 8.77. The fourth-order valence-corrected chi connectivity index (χ4v) is 8.77. The SMILES string of the molecule is C[C@H](CCC(=O)O)C1CC[C@H]2[C@@H]3[C@H](O)[C@@H](O)[C@@H]4C[C@H](O)CC[C@]4(C)[C@H]3CC[C@]12C. The third-order valence-corrected chi connectivity index (χ3v) is 10.3. The highest BCUT2D eigenvalue weighted by Crippen LogP contribution is 2.68. The molecule has 5 heteroatoms. The molecule has 0 aromatic rings. The van der Waals surface area contributed by atoms with Gasteiger partial charge in [0.05, 0.1) is 18.3 Å². The van der Waals surface area contributed by atoms with E-state index in [1.54, 1.807) is 0 Å². The molecule has 4 saturated carbocycles. The first-order valence-electron chi connectivity index (χ1n) is 11.9. The van der Waals surface area contributed by atoms with Crippen LogP contribution >= 0.6 is 0 Å². The number of hydrogen-bond acceptors (Lipinski definition) is 4. The maximum absolute atomic E-state index is 11.3. The lowest BCUT2D eigenvalue weighted by Gasteiger charge is -2.63. The molecule has 29 heavy (non-hydrogen) atoms. The summed E-state index contributed by atoms with van der Waals surface area (Å²) in [4.78, 5) is 11.1. The van der Waals surface area contributed by atoms with Gasteiger partial charge in [0.2, 0.25) is 0 Å². The van der Waals surface area contributed by atoms with Crippen LogP contribution in [0.4, 0.5) is 0 Å². The van der Waals surface area contributed by atoms with Crippen molar-refractivity contribution in [1.82, 2.24) is 0 Å². The summed E-state index contributed by atoms with van der Waals surface area (Å²) in [5, 5.41) is 41.7. The van der Waals surface area contributed by atoms with E-state index in [4.69, 9.17) is 5.11 Å². The van der Waals surface area contributed by atoms with E-state index in [9.17, 15) is 20.1 Å². The Morgan fingerprint density at radius 2 is 1.59 bits per heavy atom. The molecule has 4 fully saturated rings. The Morgan fingerprint density at radius 1 is 0.931 bits per heavy atom. The number of aliphatic carboxylic acids is 1. The number of carbonyl (C=O) groups is 1. The first kappa shape index (κ1) is 21.6. The normalized spacial score (nSPS) is 52.9. The predicted octanol–water partition coefficient (Wildman–Crippen LogP) is 3.45. The van der Waals surface area contributed by atoms with E-state index in [-0.39, 0.29) is 35.2 Å². The van der Waals surface area contributed by atoms with E-state index in [1.165, 1.54) is 0 Å². The number of rotatable bonds is 4. The Bertz CT molecular complexity index is 637. The summed E-state index contributed by atoms with van der Waals surface area (Å²) >= 11 is 0. The van der Waals surface area contributed by atoms with Crippen molar-refractivity contribution in [3.05, 3.63) is 0 Å². The van der Waals surface area contributed by atoms with Crippen LogP contribution in [0.2, 0.25) is 0 Å². The molecule has 0 aromatic carbocycles. The van der Waals surface area contributed by atoms with Gasteiger partial charge in [0, 0.05) is 6.42 Å². The second-order valence-corrected chi connectivity index (χ2v) is 11.5. The predicted molar refractivity (Wildman–Crippen MR) is 110 cm³/mol. The number of aliphatic hydroxyl groups excluding tert-OH is 3. The van der Waals surface area contributed by atoms with Crippen LogP contribution in [0.5, 0.6) is 0 Å². The first-order valence-corrected chi connectivity index (χ1v) is 11.9. The summed E-state index contributed by atoms with van der Waals surface area (Å²) in [7, 11) is 0. The summed E-state index contributed by atoms with van der Waals surface area (Å²) in [6, 6.07) is 0. The third-order valence-electron chi connectivity index (χ3n) is 10.3. The number of hydrogen-bond donors (Lipinski definition) is 4. The molecule has 0 heterocycles. The van der Waals surface area contributed by atoms with Crippen molar-refractivity contribution in [3.8, 4) is 0 Å². The van der Waals surface area contributed by atoms with E-state index in [0.29, 0.717) is 30.1 Å². The topological polar surface area (TPSA) is 98.0 Å². The van der Waals surface area contributed by atoms with Crippen molar-refractivity contribution in [3.63, 3.8) is 0 Å². The first-order chi connectivity index (χ1) is 13.6. The van der Waals surface area contributed by atoms with Crippen LogP contribution < -0.4 is 0 Å². The average molecular weight is 409 g/mol. The van der Waals surface area contributed by atoms with Crippen molar-refractivity contribution < 1.29 is 25.2 Å². The molecule has 0 spiro atoms. The molecule has 4 aliphatic carbocycles. The van der Waals surface area contributed by atoms with Gasteiger partial charge < -0.3 is 20.4 Å². The van der Waals surface area contributed by atoms with Crippen LogP contribution in [0, 0.1) is 46.3 Å². The standard InChI is InChI=1S/C24H40O5/c1-13(4-7-19(26)27)15-5-6-16-20-17(9-11-23(15,16)2)24(3)10-8-14(25)12-18(24)21(28)22(20)29/h13-18,20-22,25,28-29H,4-12H2,1-3H3,(H,26,27)/t13-,14-,15?,16+,17+,18+,20+,21+,22+,23-,24-/m1/s1. The van der Waals surface area contributed by atoms with Crippen molar-refractivity contribution in [1.29, 1.82) is 0 Å². The number of fused-ring (bicyclic) bond motifs is 5. The summed E-state index contributed by atoms with van der Waals surface area (Å²) < 4.78 is 0. The third kappa shape index (κ3) is 3.27. The van der Waals surface area contributed by atoms with Crippen molar-refractivity contribution in [2.45, 2.75) is 96.9 Å². The van der Waals surface area contributed by atoms with Crippen LogP contribution in [-0.4, -0.2) is 44.7 Å². The van der Waals surface area contributed by atoms with Crippen molar-refractivity contribution in [2.24, 2.45) is 46.3 Å².